The second-order valence-electron chi connectivity index (χ2n) is 2.89. The second-order valence-corrected chi connectivity index (χ2v) is 4.05. The summed E-state index contributed by atoms with van der Waals surface area (Å²) in [4.78, 5) is 22.4. The van der Waals surface area contributed by atoms with Gasteiger partial charge in [0.2, 0.25) is 0 Å². The van der Waals surface area contributed by atoms with Gasteiger partial charge in [0.25, 0.3) is 5.78 Å². The first-order chi connectivity index (χ1) is 7.90. The molecule has 0 unspecified atom stereocenters. The summed E-state index contributed by atoms with van der Waals surface area (Å²) >= 11 is 1.38. The minimum Gasteiger partial charge on any atom is -0.460 e. The Hall–Kier alpha value is -1.12. The van der Waals surface area contributed by atoms with Crippen LogP contribution in [-0.2, 0) is 9.53 Å². The van der Waals surface area contributed by atoms with Crippen LogP contribution in [0.4, 0.5) is 13.2 Å². The Labute approximate surface area is 108 Å². The molecule has 1 rings (SSSR count). The van der Waals surface area contributed by atoms with Crippen LogP contribution in [0.5, 0.6) is 0 Å². The van der Waals surface area contributed by atoms with Crippen LogP contribution in [0.1, 0.15) is 17.3 Å². The van der Waals surface area contributed by atoms with E-state index in [0.717, 1.165) is 0 Å². The quantitative estimate of drug-likeness (QED) is 0.274. The molecule has 0 aliphatic carbocycles. The number of rotatable bonds is 3. The zero-order chi connectivity index (χ0) is 13.2. The van der Waals surface area contributed by atoms with Crippen molar-refractivity contribution in [2.45, 2.75) is 6.92 Å². The van der Waals surface area contributed by atoms with Crippen molar-refractivity contribution in [2.24, 2.45) is 0 Å². The first kappa shape index (κ1) is 13.9. The fourth-order valence-electron chi connectivity index (χ4n) is 1.07. The van der Waals surface area contributed by atoms with E-state index < -0.39 is 34.8 Å². The smallest absolute Gasteiger partial charge is 0.379 e. The Kier molecular flexibility index (Phi) is 4.49. The molecule has 0 fully saturated rings. The number of ketones is 1. The molecule has 3 nitrogen and oxygen atoms in total. The number of benzene rings is 1. The Bertz CT molecular complexity index is 462. The van der Waals surface area contributed by atoms with Gasteiger partial charge in [-0.3, -0.25) is 4.79 Å². The lowest BCUT2D eigenvalue weighted by Crippen LogP contribution is -2.21. The summed E-state index contributed by atoms with van der Waals surface area (Å²) in [6.45, 7) is 1.30. The number of esters is 1. The second kappa shape index (κ2) is 5.48. The molecular weight excluding hydrogens is 352 g/mol. The average molecular weight is 358 g/mol. The van der Waals surface area contributed by atoms with E-state index in [-0.39, 0.29) is 10.2 Å². The number of halogens is 4. The molecule has 0 spiro atoms. The third kappa shape index (κ3) is 2.76. The summed E-state index contributed by atoms with van der Waals surface area (Å²) in [5.41, 5.74) is -1.23. The fraction of sp³-hybridized carbons (Fsp3) is 0.200. The van der Waals surface area contributed by atoms with Gasteiger partial charge in [-0.05, 0) is 35.6 Å². The van der Waals surface area contributed by atoms with Crippen molar-refractivity contribution >= 4 is 34.3 Å². The largest absolute Gasteiger partial charge is 0.460 e. The van der Waals surface area contributed by atoms with E-state index in [1.807, 2.05) is 0 Å². The maximum absolute atomic E-state index is 13.5. The maximum atomic E-state index is 13.5. The van der Waals surface area contributed by atoms with Gasteiger partial charge in [-0.1, -0.05) is 0 Å². The molecule has 92 valence electrons. The number of ether oxygens (including phenoxy) is 1. The fourth-order valence-corrected chi connectivity index (χ4v) is 1.61. The predicted octanol–water partition coefficient (Wildman–Crippen LogP) is 2.45. The van der Waals surface area contributed by atoms with Gasteiger partial charge in [0.15, 0.2) is 17.5 Å². The molecule has 0 saturated heterocycles. The summed E-state index contributed by atoms with van der Waals surface area (Å²) in [6.07, 6.45) is 0. The Morgan fingerprint density at radius 3 is 2.41 bits per heavy atom. The van der Waals surface area contributed by atoms with Crippen molar-refractivity contribution in [1.29, 1.82) is 0 Å². The molecule has 0 amide bonds. The lowest BCUT2D eigenvalue weighted by atomic mass is 10.1. The van der Waals surface area contributed by atoms with E-state index in [0.29, 0.717) is 6.07 Å². The molecule has 0 N–H and O–H groups in total. The van der Waals surface area contributed by atoms with Gasteiger partial charge in [-0.25, -0.2) is 18.0 Å². The molecule has 0 aliphatic heterocycles. The maximum Gasteiger partial charge on any atom is 0.379 e. The Morgan fingerprint density at radius 2 is 1.88 bits per heavy atom. The van der Waals surface area contributed by atoms with Crippen LogP contribution < -0.4 is 0 Å². The van der Waals surface area contributed by atoms with Gasteiger partial charge in [0.05, 0.1) is 10.2 Å². The van der Waals surface area contributed by atoms with Crippen molar-refractivity contribution < 1.29 is 27.5 Å². The zero-order valence-corrected chi connectivity index (χ0v) is 10.7. The van der Waals surface area contributed by atoms with Crippen molar-refractivity contribution in [3.05, 3.63) is 32.7 Å². The van der Waals surface area contributed by atoms with E-state index in [1.54, 1.807) is 0 Å². The molecule has 7 heteroatoms. The molecule has 0 aliphatic rings. The van der Waals surface area contributed by atoms with E-state index in [1.165, 1.54) is 29.5 Å². The molecule has 1 aromatic rings. The highest BCUT2D eigenvalue weighted by Gasteiger charge is 2.29. The molecular formula is C10H6F3IO3. The summed E-state index contributed by atoms with van der Waals surface area (Å²) in [6, 6.07) is 0.590. The molecule has 0 atom stereocenters. The summed E-state index contributed by atoms with van der Waals surface area (Å²) < 4.78 is 43.7. The number of hydrogen-bond acceptors (Lipinski definition) is 3. The zero-order valence-electron chi connectivity index (χ0n) is 8.52. The number of hydrogen-bond donors (Lipinski definition) is 0. The van der Waals surface area contributed by atoms with Gasteiger partial charge in [-0.2, -0.15) is 0 Å². The van der Waals surface area contributed by atoms with Gasteiger partial charge in [-0.15, -0.1) is 0 Å². The van der Waals surface area contributed by atoms with Gasteiger partial charge < -0.3 is 4.74 Å². The first-order valence-corrected chi connectivity index (χ1v) is 5.52. The van der Waals surface area contributed by atoms with Crippen LogP contribution in [0.3, 0.4) is 0 Å². The Balaban J connectivity index is 3.31. The van der Waals surface area contributed by atoms with E-state index in [4.69, 9.17) is 0 Å². The first-order valence-electron chi connectivity index (χ1n) is 4.44. The number of carbonyl (C=O) groups is 2. The lowest BCUT2D eigenvalue weighted by molar-refractivity contribution is -0.137. The molecule has 0 saturated carbocycles. The van der Waals surface area contributed by atoms with E-state index >= 15 is 0 Å². The monoisotopic (exact) mass is 358 g/mol. The normalized spacial score (nSPS) is 10.2. The molecule has 0 heterocycles. The third-order valence-electron chi connectivity index (χ3n) is 1.80. The van der Waals surface area contributed by atoms with Crippen LogP contribution in [0.2, 0.25) is 0 Å². The van der Waals surface area contributed by atoms with Crippen molar-refractivity contribution in [1.82, 2.24) is 0 Å². The SMILES string of the molecule is CCOC(=O)C(=O)c1c(F)c(F)cc(I)c1F. The van der Waals surface area contributed by atoms with Crippen molar-refractivity contribution in [2.75, 3.05) is 6.61 Å². The highest BCUT2D eigenvalue weighted by atomic mass is 127. The summed E-state index contributed by atoms with van der Waals surface area (Å²) in [5, 5.41) is 0. The Morgan fingerprint density at radius 1 is 1.29 bits per heavy atom. The topological polar surface area (TPSA) is 43.4 Å². The van der Waals surface area contributed by atoms with Crippen molar-refractivity contribution in [3.8, 4) is 0 Å². The lowest BCUT2D eigenvalue weighted by Gasteiger charge is -2.06. The minimum absolute atomic E-state index is 0.125. The van der Waals surface area contributed by atoms with Gasteiger partial charge >= 0.3 is 5.97 Å². The van der Waals surface area contributed by atoms with Crippen LogP contribution in [-0.4, -0.2) is 18.4 Å². The number of Topliss-reactive ketones (excluding diaryl/α,β-unsaturated/α-hetero) is 1. The average Bonchev–Trinajstić information content (AvgIpc) is 2.27. The highest BCUT2D eigenvalue weighted by Crippen LogP contribution is 2.22. The number of carbonyl (C=O) groups excluding carboxylic acids is 2. The molecule has 0 radical (unpaired) electrons. The van der Waals surface area contributed by atoms with Gasteiger partial charge in [0.1, 0.15) is 5.56 Å². The van der Waals surface area contributed by atoms with Crippen LogP contribution in [0, 0.1) is 21.0 Å². The molecule has 0 aromatic heterocycles. The third-order valence-corrected chi connectivity index (χ3v) is 2.58. The standard InChI is InChI=1S/C10H6F3IO3/c1-2-17-10(16)9(15)6-7(12)4(11)3-5(14)8(6)13/h3H,2H2,1H3. The summed E-state index contributed by atoms with van der Waals surface area (Å²) in [5.74, 6) is -7.34. The predicted molar refractivity (Wildman–Crippen MR) is 60.0 cm³/mol. The summed E-state index contributed by atoms with van der Waals surface area (Å²) in [7, 11) is 0. The van der Waals surface area contributed by atoms with E-state index in [2.05, 4.69) is 4.74 Å². The van der Waals surface area contributed by atoms with E-state index in [9.17, 15) is 22.8 Å². The van der Waals surface area contributed by atoms with Gasteiger partial charge in [0, 0.05) is 0 Å². The van der Waals surface area contributed by atoms with Crippen LogP contribution in [0.25, 0.3) is 0 Å². The van der Waals surface area contributed by atoms with Crippen molar-refractivity contribution in [3.63, 3.8) is 0 Å². The van der Waals surface area contributed by atoms with Crippen LogP contribution >= 0.6 is 22.6 Å². The molecule has 0 bridgehead atoms. The molecule has 17 heavy (non-hydrogen) atoms. The molecule has 1 aromatic carbocycles. The highest BCUT2D eigenvalue weighted by molar-refractivity contribution is 14.1. The minimum atomic E-state index is -1.69. The van der Waals surface area contributed by atoms with Crippen LogP contribution in [0.15, 0.2) is 6.07 Å².